The molecule has 0 aliphatic heterocycles. The van der Waals surface area contributed by atoms with Gasteiger partial charge in [0.1, 0.15) is 11.3 Å². The number of aryl methyl sites for hydroxylation is 1. The minimum absolute atomic E-state index is 0.770. The first kappa shape index (κ1) is 13.1. The molecule has 2 aromatic heterocycles. The van der Waals surface area contributed by atoms with Crippen molar-refractivity contribution >= 4 is 32.8 Å². The molecular weight excluding hydrogens is 318 g/mol. The molecule has 0 N–H and O–H groups in total. The van der Waals surface area contributed by atoms with Gasteiger partial charge in [0, 0.05) is 24.3 Å². The zero-order chi connectivity index (χ0) is 14.1. The Bertz CT molecular complexity index is 754. The van der Waals surface area contributed by atoms with E-state index in [1.54, 1.807) is 0 Å². The van der Waals surface area contributed by atoms with Crippen LogP contribution in [0.3, 0.4) is 0 Å². The SMILES string of the molecule is Cc1cc(Br)cnc1N(C)Cc1ccc2ncoc2c1. The van der Waals surface area contributed by atoms with Crippen molar-refractivity contribution in [1.29, 1.82) is 0 Å². The van der Waals surface area contributed by atoms with Gasteiger partial charge in [0.15, 0.2) is 12.0 Å². The van der Waals surface area contributed by atoms with Gasteiger partial charge < -0.3 is 9.32 Å². The summed E-state index contributed by atoms with van der Waals surface area (Å²) in [4.78, 5) is 10.7. The molecule has 0 unspecified atom stereocenters. The third kappa shape index (κ3) is 2.54. The first-order valence-corrected chi connectivity index (χ1v) is 7.08. The Morgan fingerprint density at radius 1 is 1.25 bits per heavy atom. The highest BCUT2D eigenvalue weighted by Gasteiger charge is 2.08. The molecule has 0 aliphatic rings. The van der Waals surface area contributed by atoms with E-state index < -0.39 is 0 Å². The Morgan fingerprint density at radius 3 is 2.90 bits per heavy atom. The van der Waals surface area contributed by atoms with Crippen LogP contribution in [-0.4, -0.2) is 17.0 Å². The highest BCUT2D eigenvalue weighted by Crippen LogP contribution is 2.22. The largest absolute Gasteiger partial charge is 0.443 e. The van der Waals surface area contributed by atoms with Crippen molar-refractivity contribution in [3.8, 4) is 0 Å². The maximum atomic E-state index is 5.33. The number of hydrogen-bond acceptors (Lipinski definition) is 4. The number of fused-ring (bicyclic) bond motifs is 1. The normalized spacial score (nSPS) is 10.9. The highest BCUT2D eigenvalue weighted by molar-refractivity contribution is 9.10. The van der Waals surface area contributed by atoms with Gasteiger partial charge in [0.25, 0.3) is 0 Å². The fourth-order valence-electron chi connectivity index (χ4n) is 2.28. The first-order chi connectivity index (χ1) is 9.63. The summed E-state index contributed by atoms with van der Waals surface area (Å²) >= 11 is 3.43. The van der Waals surface area contributed by atoms with Crippen LogP contribution in [0.15, 0.2) is 45.7 Å². The smallest absolute Gasteiger partial charge is 0.181 e. The van der Waals surface area contributed by atoms with Crippen molar-refractivity contribution in [1.82, 2.24) is 9.97 Å². The number of aromatic nitrogens is 2. The average molecular weight is 332 g/mol. The fraction of sp³-hybridized carbons (Fsp3) is 0.200. The summed E-state index contributed by atoms with van der Waals surface area (Å²) in [6.45, 7) is 2.83. The molecule has 1 aromatic carbocycles. The Labute approximate surface area is 125 Å². The summed E-state index contributed by atoms with van der Waals surface area (Å²) < 4.78 is 6.33. The van der Waals surface area contributed by atoms with Crippen LogP contribution in [-0.2, 0) is 6.54 Å². The molecule has 0 amide bonds. The average Bonchev–Trinajstić information content (AvgIpc) is 2.85. The van der Waals surface area contributed by atoms with Gasteiger partial charge in [-0.2, -0.15) is 0 Å². The highest BCUT2D eigenvalue weighted by atomic mass is 79.9. The summed E-state index contributed by atoms with van der Waals surface area (Å²) in [5, 5.41) is 0. The summed E-state index contributed by atoms with van der Waals surface area (Å²) in [5.41, 5.74) is 4.01. The lowest BCUT2D eigenvalue weighted by molar-refractivity contribution is 0.601. The lowest BCUT2D eigenvalue weighted by atomic mass is 10.2. The number of halogens is 1. The van der Waals surface area contributed by atoms with Gasteiger partial charge in [0.05, 0.1) is 0 Å². The molecule has 0 saturated heterocycles. The van der Waals surface area contributed by atoms with E-state index in [1.807, 2.05) is 25.4 Å². The quantitative estimate of drug-likeness (QED) is 0.729. The minimum atomic E-state index is 0.770. The number of anilines is 1. The van der Waals surface area contributed by atoms with Crippen molar-refractivity contribution in [2.45, 2.75) is 13.5 Å². The van der Waals surface area contributed by atoms with Crippen LogP contribution >= 0.6 is 15.9 Å². The molecular formula is C15H14BrN3O. The molecule has 3 rings (SSSR count). The lowest BCUT2D eigenvalue weighted by Crippen LogP contribution is -2.18. The Balaban J connectivity index is 1.85. The van der Waals surface area contributed by atoms with Crippen molar-refractivity contribution < 1.29 is 4.42 Å². The van der Waals surface area contributed by atoms with Gasteiger partial charge in [-0.1, -0.05) is 6.07 Å². The third-order valence-electron chi connectivity index (χ3n) is 3.19. The van der Waals surface area contributed by atoms with Crippen LogP contribution in [0.4, 0.5) is 5.82 Å². The second kappa shape index (κ2) is 5.25. The van der Waals surface area contributed by atoms with Crippen molar-refractivity contribution in [2.75, 3.05) is 11.9 Å². The number of oxazole rings is 1. The van der Waals surface area contributed by atoms with Crippen LogP contribution in [0.25, 0.3) is 11.1 Å². The second-order valence-corrected chi connectivity index (χ2v) is 5.72. The van der Waals surface area contributed by atoms with E-state index in [4.69, 9.17) is 4.42 Å². The summed E-state index contributed by atoms with van der Waals surface area (Å²) in [6, 6.07) is 8.13. The lowest BCUT2D eigenvalue weighted by Gasteiger charge is -2.20. The van der Waals surface area contributed by atoms with Crippen LogP contribution in [0, 0.1) is 6.92 Å². The predicted octanol–water partition coefficient (Wildman–Crippen LogP) is 3.93. The van der Waals surface area contributed by atoms with E-state index in [2.05, 4.69) is 49.9 Å². The molecule has 0 radical (unpaired) electrons. The number of nitrogens with zero attached hydrogens (tertiary/aromatic N) is 3. The standard InChI is InChI=1S/C15H14BrN3O/c1-10-5-12(16)7-17-15(10)19(2)8-11-3-4-13-14(6-11)20-9-18-13/h3-7,9H,8H2,1-2H3. The fourth-order valence-corrected chi connectivity index (χ4v) is 2.73. The van der Waals surface area contributed by atoms with Gasteiger partial charge in [-0.05, 0) is 52.2 Å². The second-order valence-electron chi connectivity index (χ2n) is 4.80. The molecule has 0 saturated carbocycles. The molecule has 0 spiro atoms. The number of pyridine rings is 1. The number of rotatable bonds is 3. The molecule has 0 aliphatic carbocycles. The van der Waals surface area contributed by atoms with E-state index in [9.17, 15) is 0 Å². The van der Waals surface area contributed by atoms with Crippen LogP contribution < -0.4 is 4.90 Å². The van der Waals surface area contributed by atoms with E-state index in [-0.39, 0.29) is 0 Å². The summed E-state index contributed by atoms with van der Waals surface area (Å²) in [5.74, 6) is 0.978. The summed E-state index contributed by atoms with van der Waals surface area (Å²) in [7, 11) is 2.04. The predicted molar refractivity (Wildman–Crippen MR) is 82.8 cm³/mol. The van der Waals surface area contributed by atoms with E-state index in [1.165, 1.54) is 12.0 Å². The van der Waals surface area contributed by atoms with Gasteiger partial charge in [-0.3, -0.25) is 0 Å². The molecule has 0 bridgehead atoms. The monoisotopic (exact) mass is 331 g/mol. The van der Waals surface area contributed by atoms with Crippen LogP contribution in [0.1, 0.15) is 11.1 Å². The maximum Gasteiger partial charge on any atom is 0.181 e. The van der Waals surface area contributed by atoms with E-state index >= 15 is 0 Å². The van der Waals surface area contributed by atoms with Crippen molar-refractivity contribution in [2.24, 2.45) is 0 Å². The van der Waals surface area contributed by atoms with Gasteiger partial charge in [-0.25, -0.2) is 9.97 Å². The van der Waals surface area contributed by atoms with Crippen molar-refractivity contribution in [3.63, 3.8) is 0 Å². The van der Waals surface area contributed by atoms with E-state index in [0.29, 0.717) is 0 Å². The maximum absolute atomic E-state index is 5.33. The zero-order valence-electron chi connectivity index (χ0n) is 11.3. The molecule has 2 heterocycles. The molecule has 102 valence electrons. The topological polar surface area (TPSA) is 42.2 Å². The molecule has 0 atom stereocenters. The first-order valence-electron chi connectivity index (χ1n) is 6.29. The zero-order valence-corrected chi connectivity index (χ0v) is 12.9. The van der Waals surface area contributed by atoms with Gasteiger partial charge in [-0.15, -0.1) is 0 Å². The summed E-state index contributed by atoms with van der Waals surface area (Å²) in [6.07, 6.45) is 3.29. The van der Waals surface area contributed by atoms with Crippen molar-refractivity contribution in [3.05, 3.63) is 52.5 Å². The molecule has 20 heavy (non-hydrogen) atoms. The Morgan fingerprint density at radius 2 is 2.10 bits per heavy atom. The molecule has 5 heteroatoms. The van der Waals surface area contributed by atoms with Crippen LogP contribution in [0.5, 0.6) is 0 Å². The van der Waals surface area contributed by atoms with Gasteiger partial charge >= 0.3 is 0 Å². The molecule has 4 nitrogen and oxygen atoms in total. The third-order valence-corrected chi connectivity index (χ3v) is 3.63. The van der Waals surface area contributed by atoms with Crippen LogP contribution in [0.2, 0.25) is 0 Å². The van der Waals surface area contributed by atoms with Gasteiger partial charge in [0.2, 0.25) is 0 Å². The number of hydrogen-bond donors (Lipinski definition) is 0. The Hall–Kier alpha value is -1.88. The molecule has 3 aromatic rings. The minimum Gasteiger partial charge on any atom is -0.443 e. The van der Waals surface area contributed by atoms with E-state index in [0.717, 1.165) is 33.5 Å². The Kier molecular flexibility index (Phi) is 3.44. The number of benzene rings is 1. The molecule has 0 fully saturated rings.